The van der Waals surface area contributed by atoms with Crippen molar-refractivity contribution in [3.05, 3.63) is 42.0 Å². The van der Waals surface area contributed by atoms with Crippen molar-refractivity contribution in [3.8, 4) is 5.82 Å². The zero-order chi connectivity index (χ0) is 17.5. The average Bonchev–Trinajstić information content (AvgIpc) is 3.24. The first-order valence-corrected chi connectivity index (χ1v) is 9.86. The normalized spacial score (nSPS) is 17.7. The summed E-state index contributed by atoms with van der Waals surface area (Å²) < 4.78 is 6.36. The maximum Gasteiger partial charge on any atom is 0.205 e. The number of rotatable bonds is 4. The molecule has 2 fully saturated rings. The molecule has 7 nitrogen and oxygen atoms in total. The van der Waals surface area contributed by atoms with E-state index in [0.29, 0.717) is 5.92 Å². The maximum absolute atomic E-state index is 4.80. The van der Waals surface area contributed by atoms with Crippen molar-refractivity contribution < 1.29 is 0 Å². The molecule has 2 aliphatic rings. The van der Waals surface area contributed by atoms with E-state index in [2.05, 4.69) is 25.3 Å². The fourth-order valence-electron chi connectivity index (χ4n) is 3.24. The molecule has 4 heterocycles. The number of hydrogen-bond acceptors (Lipinski definition) is 7. The summed E-state index contributed by atoms with van der Waals surface area (Å²) in [5.74, 6) is 3.54. The van der Waals surface area contributed by atoms with Crippen LogP contribution in [0.4, 0.5) is 10.9 Å². The highest BCUT2D eigenvalue weighted by molar-refractivity contribution is 7.09. The summed E-state index contributed by atoms with van der Waals surface area (Å²) >= 11 is 1.54. The molecule has 3 aromatic rings. The van der Waals surface area contributed by atoms with Crippen LogP contribution < -0.4 is 9.80 Å². The second-order valence-corrected chi connectivity index (χ2v) is 7.73. The SMILES string of the molecule is Cc1cnn(-c2cccc(N3CCN(c4nc(C5CC5)ns4)CC3)n2)c1. The van der Waals surface area contributed by atoms with Gasteiger partial charge in [-0.2, -0.15) is 9.47 Å². The molecule has 0 unspecified atom stereocenters. The summed E-state index contributed by atoms with van der Waals surface area (Å²) in [5.41, 5.74) is 1.13. The first-order valence-electron chi connectivity index (χ1n) is 9.08. The van der Waals surface area contributed by atoms with E-state index in [-0.39, 0.29) is 0 Å². The standard InChI is InChI=1S/C18H21N7S/c1-13-11-19-25(12-13)16-4-2-3-15(20-16)23-7-9-24(10-8-23)18-21-17(22-26-18)14-5-6-14/h2-4,11-12,14H,5-10H2,1H3. The van der Waals surface area contributed by atoms with Gasteiger partial charge in [0, 0.05) is 49.8 Å². The van der Waals surface area contributed by atoms with Gasteiger partial charge < -0.3 is 9.80 Å². The summed E-state index contributed by atoms with van der Waals surface area (Å²) in [5, 5.41) is 5.43. The molecule has 0 amide bonds. The van der Waals surface area contributed by atoms with Crippen molar-refractivity contribution in [1.82, 2.24) is 24.1 Å². The minimum absolute atomic E-state index is 0.624. The predicted molar refractivity (Wildman–Crippen MR) is 102 cm³/mol. The van der Waals surface area contributed by atoms with Crippen molar-refractivity contribution >= 4 is 22.5 Å². The van der Waals surface area contributed by atoms with Crippen LogP contribution in [0.3, 0.4) is 0 Å². The topological polar surface area (TPSA) is 63.0 Å². The molecular formula is C18H21N7S. The second kappa shape index (κ2) is 6.35. The van der Waals surface area contributed by atoms with E-state index in [1.807, 2.05) is 36.1 Å². The lowest BCUT2D eigenvalue weighted by atomic mass is 10.3. The van der Waals surface area contributed by atoms with Gasteiger partial charge in [0.1, 0.15) is 11.6 Å². The number of pyridine rings is 1. The Kier molecular flexibility index (Phi) is 3.85. The fourth-order valence-corrected chi connectivity index (χ4v) is 4.04. The lowest BCUT2D eigenvalue weighted by Crippen LogP contribution is -2.46. The van der Waals surface area contributed by atoms with Crippen LogP contribution in [0.2, 0.25) is 0 Å². The molecule has 8 heteroatoms. The Morgan fingerprint density at radius 2 is 1.77 bits per heavy atom. The summed E-state index contributed by atoms with van der Waals surface area (Å²) in [6.07, 6.45) is 6.35. The highest BCUT2D eigenvalue weighted by Gasteiger charge is 2.29. The zero-order valence-corrected chi connectivity index (χ0v) is 15.6. The van der Waals surface area contributed by atoms with Gasteiger partial charge in [0.15, 0.2) is 5.82 Å². The van der Waals surface area contributed by atoms with E-state index in [1.54, 1.807) is 11.5 Å². The molecule has 1 saturated carbocycles. The first kappa shape index (κ1) is 15.7. The van der Waals surface area contributed by atoms with E-state index in [9.17, 15) is 0 Å². The van der Waals surface area contributed by atoms with Gasteiger partial charge in [0.2, 0.25) is 5.13 Å². The van der Waals surface area contributed by atoms with Crippen LogP contribution in [0.15, 0.2) is 30.6 Å². The number of aryl methyl sites for hydroxylation is 1. The number of aromatic nitrogens is 5. The van der Waals surface area contributed by atoms with E-state index in [0.717, 1.165) is 54.3 Å². The third-order valence-corrected chi connectivity index (χ3v) is 5.70. The second-order valence-electron chi connectivity index (χ2n) is 7.00. The number of piperazine rings is 1. The van der Waals surface area contributed by atoms with Gasteiger partial charge in [-0.05, 0) is 37.5 Å². The maximum atomic E-state index is 4.80. The Hall–Kier alpha value is -2.48. The molecule has 0 bridgehead atoms. The molecule has 1 saturated heterocycles. The van der Waals surface area contributed by atoms with Crippen molar-refractivity contribution in [3.63, 3.8) is 0 Å². The van der Waals surface area contributed by atoms with Gasteiger partial charge >= 0.3 is 0 Å². The van der Waals surface area contributed by atoms with Crippen LogP contribution in [-0.4, -0.2) is 50.3 Å². The number of nitrogens with zero attached hydrogens (tertiary/aromatic N) is 7. The van der Waals surface area contributed by atoms with Gasteiger partial charge in [-0.1, -0.05) is 6.07 Å². The van der Waals surface area contributed by atoms with Gasteiger partial charge in [-0.15, -0.1) is 0 Å². The summed E-state index contributed by atoms with van der Waals surface area (Å²) in [6, 6.07) is 6.12. The van der Waals surface area contributed by atoms with Crippen molar-refractivity contribution in [2.75, 3.05) is 36.0 Å². The third kappa shape index (κ3) is 3.05. The van der Waals surface area contributed by atoms with E-state index in [4.69, 9.17) is 9.97 Å². The van der Waals surface area contributed by atoms with E-state index in [1.165, 1.54) is 12.8 Å². The molecule has 0 atom stereocenters. The van der Waals surface area contributed by atoms with E-state index < -0.39 is 0 Å². The molecule has 0 radical (unpaired) electrons. The van der Waals surface area contributed by atoms with Gasteiger partial charge in [-0.3, -0.25) is 0 Å². The molecule has 0 N–H and O–H groups in total. The molecule has 1 aliphatic heterocycles. The molecule has 5 rings (SSSR count). The molecule has 0 aromatic carbocycles. The Balaban J connectivity index is 1.27. The monoisotopic (exact) mass is 367 g/mol. The summed E-state index contributed by atoms with van der Waals surface area (Å²) in [7, 11) is 0. The first-order chi connectivity index (χ1) is 12.8. The van der Waals surface area contributed by atoms with Crippen molar-refractivity contribution in [2.24, 2.45) is 0 Å². The summed E-state index contributed by atoms with van der Waals surface area (Å²) in [4.78, 5) is 14.2. The van der Waals surface area contributed by atoms with Gasteiger partial charge in [0.25, 0.3) is 0 Å². The Bertz CT molecular complexity index is 906. The molecule has 3 aromatic heterocycles. The minimum atomic E-state index is 0.624. The third-order valence-electron chi connectivity index (χ3n) is 4.91. The van der Waals surface area contributed by atoms with Crippen molar-refractivity contribution in [2.45, 2.75) is 25.7 Å². The van der Waals surface area contributed by atoms with Gasteiger partial charge in [-0.25, -0.2) is 14.6 Å². The lowest BCUT2D eigenvalue weighted by Gasteiger charge is -2.35. The van der Waals surface area contributed by atoms with Crippen LogP contribution >= 0.6 is 11.5 Å². The highest BCUT2D eigenvalue weighted by Crippen LogP contribution is 2.39. The molecule has 26 heavy (non-hydrogen) atoms. The molecular weight excluding hydrogens is 346 g/mol. The molecule has 1 aliphatic carbocycles. The minimum Gasteiger partial charge on any atom is -0.353 e. The molecule has 134 valence electrons. The fraction of sp³-hybridized carbons (Fsp3) is 0.444. The Labute approximate surface area is 156 Å². The van der Waals surface area contributed by atoms with Crippen molar-refractivity contribution in [1.29, 1.82) is 0 Å². The Morgan fingerprint density at radius 1 is 1.00 bits per heavy atom. The zero-order valence-electron chi connectivity index (χ0n) is 14.7. The van der Waals surface area contributed by atoms with E-state index >= 15 is 0 Å². The van der Waals surface area contributed by atoms with Crippen LogP contribution in [-0.2, 0) is 0 Å². The highest BCUT2D eigenvalue weighted by atomic mass is 32.1. The van der Waals surface area contributed by atoms with Crippen LogP contribution in [0.25, 0.3) is 5.82 Å². The Morgan fingerprint density at radius 3 is 2.50 bits per heavy atom. The smallest absolute Gasteiger partial charge is 0.205 e. The lowest BCUT2D eigenvalue weighted by molar-refractivity contribution is 0.644. The van der Waals surface area contributed by atoms with Gasteiger partial charge in [0.05, 0.1) is 6.20 Å². The summed E-state index contributed by atoms with van der Waals surface area (Å²) in [6.45, 7) is 5.81. The number of hydrogen-bond donors (Lipinski definition) is 0. The molecule has 0 spiro atoms. The number of anilines is 2. The van der Waals surface area contributed by atoms with Crippen LogP contribution in [0, 0.1) is 6.92 Å². The largest absolute Gasteiger partial charge is 0.353 e. The van der Waals surface area contributed by atoms with Crippen LogP contribution in [0.5, 0.6) is 0 Å². The quantitative estimate of drug-likeness (QED) is 0.706. The van der Waals surface area contributed by atoms with Crippen LogP contribution in [0.1, 0.15) is 30.1 Å². The predicted octanol–water partition coefficient (Wildman–Crippen LogP) is 2.63. The average molecular weight is 367 g/mol.